The molecular weight excluding hydrogens is 614 g/mol. The lowest BCUT2D eigenvalue weighted by molar-refractivity contribution is 0.0556. The lowest BCUT2D eigenvalue weighted by atomic mass is 9.53. The van der Waals surface area contributed by atoms with E-state index in [1.54, 1.807) is 30.4 Å². The number of fused-ring (bicyclic) bond motifs is 1. The maximum atomic E-state index is 11.2. The van der Waals surface area contributed by atoms with Gasteiger partial charge in [-0.25, -0.2) is 4.98 Å². The van der Waals surface area contributed by atoms with E-state index in [0.717, 1.165) is 18.7 Å². The van der Waals surface area contributed by atoms with E-state index in [9.17, 15) is 25.5 Å². The van der Waals surface area contributed by atoms with E-state index >= 15 is 0 Å². The Morgan fingerprint density at radius 2 is 1.47 bits per heavy atom. The molecule has 254 valence electrons. The van der Waals surface area contributed by atoms with Crippen LogP contribution in [0.2, 0.25) is 0 Å². The van der Waals surface area contributed by atoms with Crippen molar-refractivity contribution in [2.45, 2.75) is 76.2 Å². The average Bonchev–Trinajstić information content (AvgIpc) is 3.83. The lowest BCUT2D eigenvalue weighted by Gasteiger charge is -2.52. The SMILES string of the molecule is Oc1ccc(/C=C/c2c(CCc3ccc(CNC[C@@]4(c5cnc[nH]5)CCCCC45CCCC5)cc3)c(O)c(O)c3c(O)cccc23)cc1O. The highest BCUT2D eigenvalue weighted by Crippen LogP contribution is 2.59. The molecule has 1 aromatic heterocycles. The summed E-state index contributed by atoms with van der Waals surface area (Å²) in [5.41, 5.74) is 5.87. The van der Waals surface area contributed by atoms with Crippen LogP contribution >= 0.6 is 0 Å². The van der Waals surface area contributed by atoms with Crippen LogP contribution in [0.4, 0.5) is 0 Å². The fourth-order valence-electron chi connectivity index (χ4n) is 8.83. The molecule has 2 aliphatic rings. The van der Waals surface area contributed by atoms with Gasteiger partial charge in [-0.15, -0.1) is 0 Å². The van der Waals surface area contributed by atoms with E-state index in [1.165, 1.54) is 80.8 Å². The van der Waals surface area contributed by atoms with Crippen LogP contribution < -0.4 is 5.32 Å². The van der Waals surface area contributed by atoms with Gasteiger partial charge in [0.25, 0.3) is 0 Å². The predicted molar refractivity (Wildman–Crippen MR) is 193 cm³/mol. The lowest BCUT2D eigenvalue weighted by Crippen LogP contribution is -2.53. The van der Waals surface area contributed by atoms with Crippen LogP contribution in [0.25, 0.3) is 22.9 Å². The molecule has 49 heavy (non-hydrogen) atoms. The van der Waals surface area contributed by atoms with Crippen LogP contribution in [-0.2, 0) is 24.8 Å². The number of benzene rings is 4. The minimum absolute atomic E-state index is 0.0806. The molecule has 7 N–H and O–H groups in total. The number of phenols is 5. The van der Waals surface area contributed by atoms with Gasteiger partial charge in [0.15, 0.2) is 23.0 Å². The van der Waals surface area contributed by atoms with Gasteiger partial charge < -0.3 is 35.8 Å². The first-order valence-electron chi connectivity index (χ1n) is 17.5. The molecule has 0 aliphatic heterocycles. The predicted octanol–water partition coefficient (Wildman–Crippen LogP) is 8.21. The molecule has 1 heterocycles. The van der Waals surface area contributed by atoms with Crippen molar-refractivity contribution in [2.24, 2.45) is 5.41 Å². The first-order valence-corrected chi connectivity index (χ1v) is 17.5. The largest absolute Gasteiger partial charge is 0.507 e. The van der Waals surface area contributed by atoms with Crippen LogP contribution in [0, 0.1) is 5.41 Å². The van der Waals surface area contributed by atoms with E-state index in [1.807, 2.05) is 6.33 Å². The molecule has 2 saturated carbocycles. The summed E-state index contributed by atoms with van der Waals surface area (Å²) in [5, 5.41) is 57.0. The van der Waals surface area contributed by atoms with Gasteiger partial charge in [0.2, 0.25) is 0 Å². The number of aryl methyl sites for hydroxylation is 1. The smallest absolute Gasteiger partial charge is 0.169 e. The third-order valence-corrected chi connectivity index (χ3v) is 11.4. The Morgan fingerprint density at radius 1 is 0.735 bits per heavy atom. The number of aromatic nitrogens is 2. The minimum Gasteiger partial charge on any atom is -0.507 e. The topological polar surface area (TPSA) is 142 Å². The number of nitrogens with zero attached hydrogens (tertiary/aromatic N) is 1. The summed E-state index contributed by atoms with van der Waals surface area (Å²) in [4.78, 5) is 7.94. The van der Waals surface area contributed by atoms with Gasteiger partial charge in [0.05, 0.1) is 11.7 Å². The minimum atomic E-state index is -0.353. The van der Waals surface area contributed by atoms with Crippen molar-refractivity contribution >= 4 is 22.9 Å². The van der Waals surface area contributed by atoms with Crippen LogP contribution in [0.3, 0.4) is 0 Å². The molecular formula is C41H45N3O5. The standard InChI is InChI=1S/C41H45N3O5/c45-33-17-14-28(22-35(33)47)13-15-30-31-6-5-7-34(46)37(31)39(49)38(48)32(30)16-12-27-8-10-29(11-9-27)23-42-25-41(36-24-43-26-44-36)21-4-3-20-40(41)18-1-2-19-40/h5-11,13-15,17,22,24,26,42,45-49H,1-4,12,16,18-21,23,25H2,(H,43,44)/b15-13+/t41-/m1/s1. The number of nitrogens with one attached hydrogen (secondary N) is 2. The maximum absolute atomic E-state index is 11.2. The van der Waals surface area contributed by atoms with Crippen molar-refractivity contribution in [1.82, 2.24) is 15.3 Å². The average molecular weight is 660 g/mol. The highest BCUT2D eigenvalue weighted by Gasteiger charge is 2.54. The summed E-state index contributed by atoms with van der Waals surface area (Å²) in [6.07, 6.45) is 18.8. The number of imidazole rings is 1. The molecule has 0 amide bonds. The van der Waals surface area contributed by atoms with Crippen molar-refractivity contribution in [3.63, 3.8) is 0 Å². The number of hydrogen-bond acceptors (Lipinski definition) is 7. The van der Waals surface area contributed by atoms with Crippen molar-refractivity contribution in [3.05, 3.63) is 107 Å². The number of H-pyrrole nitrogens is 1. The fourth-order valence-corrected chi connectivity index (χ4v) is 8.83. The summed E-state index contributed by atoms with van der Waals surface area (Å²) in [7, 11) is 0. The zero-order valence-electron chi connectivity index (χ0n) is 27.8. The van der Waals surface area contributed by atoms with Crippen molar-refractivity contribution < 1.29 is 25.5 Å². The summed E-state index contributed by atoms with van der Waals surface area (Å²) in [6.45, 7) is 1.70. The summed E-state index contributed by atoms with van der Waals surface area (Å²) in [5.74, 6) is -1.19. The quantitative estimate of drug-likeness (QED) is 0.0592. The van der Waals surface area contributed by atoms with Crippen molar-refractivity contribution in [3.8, 4) is 28.7 Å². The second-order valence-corrected chi connectivity index (χ2v) is 14.0. The van der Waals surface area contributed by atoms with Crippen molar-refractivity contribution in [2.75, 3.05) is 6.54 Å². The third kappa shape index (κ3) is 6.10. The molecule has 5 aromatic rings. The molecule has 1 atom stereocenters. The molecule has 8 nitrogen and oxygen atoms in total. The number of aromatic hydroxyl groups is 5. The Labute approximate surface area is 286 Å². The van der Waals surface area contributed by atoms with Gasteiger partial charge in [-0.3, -0.25) is 0 Å². The third-order valence-electron chi connectivity index (χ3n) is 11.4. The number of rotatable bonds is 10. The van der Waals surface area contributed by atoms with Gasteiger partial charge in [-0.1, -0.05) is 80.3 Å². The second-order valence-electron chi connectivity index (χ2n) is 14.0. The summed E-state index contributed by atoms with van der Waals surface area (Å²) in [6, 6.07) is 18.1. The zero-order chi connectivity index (χ0) is 34.0. The summed E-state index contributed by atoms with van der Waals surface area (Å²) < 4.78 is 0. The first-order chi connectivity index (χ1) is 23.8. The molecule has 8 heteroatoms. The van der Waals surface area contributed by atoms with Gasteiger partial charge in [0, 0.05) is 36.0 Å². The van der Waals surface area contributed by atoms with Crippen LogP contribution in [0.5, 0.6) is 28.7 Å². The second kappa shape index (κ2) is 13.5. The fraction of sp³-hybridized carbons (Fsp3) is 0.341. The summed E-state index contributed by atoms with van der Waals surface area (Å²) >= 11 is 0. The van der Waals surface area contributed by atoms with E-state index in [4.69, 9.17) is 0 Å². The van der Waals surface area contributed by atoms with Crippen molar-refractivity contribution in [1.29, 1.82) is 0 Å². The monoisotopic (exact) mass is 659 g/mol. The maximum Gasteiger partial charge on any atom is 0.169 e. The Kier molecular flexibility index (Phi) is 8.99. The normalized spacial score (nSPS) is 18.9. The molecule has 7 rings (SSSR count). The highest BCUT2D eigenvalue weighted by atomic mass is 16.3. The Bertz CT molecular complexity index is 1960. The van der Waals surface area contributed by atoms with E-state index in [0.29, 0.717) is 40.3 Å². The molecule has 2 fully saturated rings. The van der Waals surface area contributed by atoms with E-state index < -0.39 is 0 Å². The van der Waals surface area contributed by atoms with Gasteiger partial charge >= 0.3 is 0 Å². The molecule has 2 aliphatic carbocycles. The first kappa shape index (κ1) is 32.6. The van der Waals surface area contributed by atoms with Gasteiger partial charge in [-0.2, -0.15) is 0 Å². The molecule has 0 radical (unpaired) electrons. The van der Waals surface area contributed by atoms with Crippen LogP contribution in [0.1, 0.15) is 84.9 Å². The molecule has 0 unspecified atom stereocenters. The van der Waals surface area contributed by atoms with E-state index in [2.05, 4.69) is 45.7 Å². The zero-order valence-corrected chi connectivity index (χ0v) is 27.8. The number of phenolic OH excluding ortho intramolecular Hbond substituents is 5. The van der Waals surface area contributed by atoms with Gasteiger partial charge in [0.1, 0.15) is 5.75 Å². The Hall–Kier alpha value is -4.95. The van der Waals surface area contributed by atoms with Gasteiger partial charge in [-0.05, 0) is 89.8 Å². The Morgan fingerprint density at radius 3 is 2.18 bits per heavy atom. The molecule has 4 aromatic carbocycles. The number of hydrogen-bond donors (Lipinski definition) is 7. The molecule has 1 spiro atoms. The number of aromatic amines is 1. The molecule has 0 bridgehead atoms. The van der Waals surface area contributed by atoms with E-state index in [-0.39, 0.29) is 39.5 Å². The van der Waals surface area contributed by atoms with Crippen LogP contribution in [-0.4, -0.2) is 42.0 Å². The molecule has 0 saturated heterocycles. The van der Waals surface area contributed by atoms with Crippen LogP contribution in [0.15, 0.2) is 73.2 Å². The highest BCUT2D eigenvalue weighted by molar-refractivity contribution is 6.03. The Balaban J connectivity index is 1.08.